The molecule has 0 aliphatic heterocycles. The topological polar surface area (TPSA) is 49.8 Å². The Labute approximate surface area is 69.2 Å². The summed E-state index contributed by atoms with van der Waals surface area (Å²) in [5, 5.41) is 8.41. The van der Waals surface area contributed by atoms with Crippen LogP contribution in [0.1, 0.15) is 5.76 Å². The molecule has 0 aliphatic carbocycles. The molecule has 0 radical (unpaired) electrons. The summed E-state index contributed by atoms with van der Waals surface area (Å²) in [7, 11) is 0. The molecule has 3 nitrogen and oxygen atoms in total. The molecule has 0 atom stereocenters. The molecule has 0 aromatic carbocycles. The highest BCUT2D eigenvalue weighted by atomic mass is 16.3. The first-order valence-corrected chi connectivity index (χ1v) is 3.60. The molecule has 3 heteroatoms. The second-order valence-corrected chi connectivity index (χ2v) is 2.43. The van der Waals surface area contributed by atoms with E-state index < -0.39 is 0 Å². The maximum absolute atomic E-state index is 8.41. The Balaban J connectivity index is 2.56. The van der Waals surface area contributed by atoms with Gasteiger partial charge in [0.25, 0.3) is 0 Å². The lowest BCUT2D eigenvalue weighted by atomic mass is 10.3. The van der Waals surface area contributed by atoms with Crippen LogP contribution in [0, 0.1) is 11.3 Å². The summed E-state index contributed by atoms with van der Waals surface area (Å²) in [5.74, 6) is 0.672. The van der Waals surface area contributed by atoms with Crippen LogP contribution in [0.2, 0.25) is 0 Å². The Morgan fingerprint density at radius 3 is 3.25 bits per heavy atom. The van der Waals surface area contributed by atoms with Crippen LogP contribution in [-0.2, 0) is 6.42 Å². The first-order chi connectivity index (χ1) is 5.90. The predicted molar refractivity (Wildman–Crippen MR) is 43.3 cm³/mol. The minimum atomic E-state index is 0.302. The van der Waals surface area contributed by atoms with E-state index in [1.165, 1.54) is 0 Å². The van der Waals surface area contributed by atoms with Gasteiger partial charge in [-0.05, 0) is 12.1 Å². The van der Waals surface area contributed by atoms with Crippen LogP contribution in [0.4, 0.5) is 0 Å². The number of hydrogen-bond donors (Lipinski definition) is 0. The average molecular weight is 158 g/mol. The van der Waals surface area contributed by atoms with E-state index >= 15 is 0 Å². The summed E-state index contributed by atoms with van der Waals surface area (Å²) in [6.45, 7) is 0. The molecule has 0 bridgehead atoms. The van der Waals surface area contributed by atoms with Crippen molar-refractivity contribution in [1.29, 1.82) is 5.26 Å². The van der Waals surface area contributed by atoms with Gasteiger partial charge in [-0.1, -0.05) is 0 Å². The van der Waals surface area contributed by atoms with Gasteiger partial charge in [0.15, 0.2) is 5.58 Å². The van der Waals surface area contributed by atoms with Crippen molar-refractivity contribution in [3.05, 3.63) is 30.2 Å². The smallest absolute Gasteiger partial charge is 0.152 e. The quantitative estimate of drug-likeness (QED) is 0.636. The third-order valence-corrected chi connectivity index (χ3v) is 1.59. The summed E-state index contributed by atoms with van der Waals surface area (Å²) in [6.07, 6.45) is 2.00. The van der Waals surface area contributed by atoms with Crippen LogP contribution < -0.4 is 0 Å². The monoisotopic (exact) mass is 158 g/mol. The Kier molecular flexibility index (Phi) is 1.52. The van der Waals surface area contributed by atoms with Gasteiger partial charge >= 0.3 is 0 Å². The van der Waals surface area contributed by atoms with E-state index in [9.17, 15) is 0 Å². The fourth-order valence-corrected chi connectivity index (χ4v) is 1.09. The number of nitrogens with zero attached hydrogens (tertiary/aromatic N) is 2. The fraction of sp³-hybridized carbons (Fsp3) is 0.111. The number of pyridine rings is 1. The molecule has 0 saturated carbocycles. The number of fused-ring (bicyclic) bond motifs is 1. The molecule has 0 amide bonds. The summed E-state index contributed by atoms with van der Waals surface area (Å²) in [6, 6.07) is 7.46. The molecule has 0 spiro atoms. The highest BCUT2D eigenvalue weighted by molar-refractivity contribution is 5.72. The lowest BCUT2D eigenvalue weighted by Gasteiger charge is -1.82. The van der Waals surface area contributed by atoms with Crippen molar-refractivity contribution in [2.24, 2.45) is 0 Å². The maximum atomic E-state index is 8.41. The van der Waals surface area contributed by atoms with Gasteiger partial charge in [-0.25, -0.2) is 0 Å². The van der Waals surface area contributed by atoms with Gasteiger partial charge in [0.05, 0.1) is 12.5 Å². The normalized spacial score (nSPS) is 9.92. The Morgan fingerprint density at radius 2 is 2.50 bits per heavy atom. The zero-order valence-corrected chi connectivity index (χ0v) is 6.32. The second kappa shape index (κ2) is 2.67. The Bertz CT molecular complexity index is 406. The first-order valence-electron chi connectivity index (χ1n) is 3.60. The molecule has 2 rings (SSSR count). The van der Waals surface area contributed by atoms with E-state index in [1.807, 2.05) is 18.2 Å². The number of furan rings is 1. The van der Waals surface area contributed by atoms with Crippen LogP contribution in [0.25, 0.3) is 11.1 Å². The van der Waals surface area contributed by atoms with Crippen LogP contribution in [-0.4, -0.2) is 4.98 Å². The summed E-state index contributed by atoms with van der Waals surface area (Å²) in [4.78, 5) is 4.08. The maximum Gasteiger partial charge on any atom is 0.152 e. The Hall–Kier alpha value is -1.82. The summed E-state index contributed by atoms with van der Waals surface area (Å²) >= 11 is 0. The Morgan fingerprint density at radius 1 is 1.58 bits per heavy atom. The lowest BCUT2D eigenvalue weighted by Crippen LogP contribution is -1.71. The van der Waals surface area contributed by atoms with Crippen molar-refractivity contribution >= 4 is 11.1 Å². The lowest BCUT2D eigenvalue weighted by molar-refractivity contribution is 0.566. The molecule has 2 aromatic heterocycles. The molecule has 2 heterocycles. The zero-order chi connectivity index (χ0) is 8.39. The molecule has 2 aromatic rings. The highest BCUT2D eigenvalue weighted by Crippen LogP contribution is 2.16. The highest BCUT2D eigenvalue weighted by Gasteiger charge is 2.01. The van der Waals surface area contributed by atoms with Crippen LogP contribution in [0.5, 0.6) is 0 Å². The summed E-state index contributed by atoms with van der Waals surface area (Å²) in [5.41, 5.74) is 1.55. The van der Waals surface area contributed by atoms with Gasteiger partial charge in [0.1, 0.15) is 11.3 Å². The van der Waals surface area contributed by atoms with Gasteiger partial charge in [0, 0.05) is 12.3 Å². The third kappa shape index (κ3) is 1.04. The molecule has 58 valence electrons. The molecule has 12 heavy (non-hydrogen) atoms. The fourth-order valence-electron chi connectivity index (χ4n) is 1.09. The van der Waals surface area contributed by atoms with Crippen molar-refractivity contribution in [3.63, 3.8) is 0 Å². The van der Waals surface area contributed by atoms with Gasteiger partial charge in [-0.2, -0.15) is 5.26 Å². The average Bonchev–Trinajstić information content (AvgIpc) is 2.47. The number of rotatable bonds is 1. The molecule has 0 N–H and O–H groups in total. The van der Waals surface area contributed by atoms with Crippen molar-refractivity contribution in [1.82, 2.24) is 4.98 Å². The molecular formula is C9H6N2O. The largest absolute Gasteiger partial charge is 0.458 e. The van der Waals surface area contributed by atoms with E-state index in [4.69, 9.17) is 9.68 Å². The second-order valence-electron chi connectivity index (χ2n) is 2.43. The minimum Gasteiger partial charge on any atom is -0.458 e. The van der Waals surface area contributed by atoms with E-state index in [0.29, 0.717) is 12.2 Å². The molecular weight excluding hydrogens is 152 g/mol. The molecule has 0 unspecified atom stereocenters. The predicted octanol–water partition coefficient (Wildman–Crippen LogP) is 1.89. The van der Waals surface area contributed by atoms with Gasteiger partial charge in [-0.15, -0.1) is 0 Å². The molecule has 0 saturated heterocycles. The van der Waals surface area contributed by atoms with Crippen LogP contribution in [0.3, 0.4) is 0 Å². The van der Waals surface area contributed by atoms with E-state index in [2.05, 4.69) is 4.98 Å². The minimum absolute atomic E-state index is 0.302. The number of nitriles is 1. The van der Waals surface area contributed by atoms with E-state index in [1.54, 1.807) is 12.3 Å². The number of hydrogen-bond acceptors (Lipinski definition) is 3. The van der Waals surface area contributed by atoms with Crippen molar-refractivity contribution < 1.29 is 4.42 Å². The summed E-state index contributed by atoms with van der Waals surface area (Å²) < 4.78 is 5.32. The van der Waals surface area contributed by atoms with Gasteiger partial charge < -0.3 is 4.42 Å². The standard InChI is InChI=1S/C9H6N2O/c10-4-3-7-6-8-9(12-7)2-1-5-11-8/h1-2,5-6H,3H2. The zero-order valence-electron chi connectivity index (χ0n) is 6.32. The number of aromatic nitrogens is 1. The van der Waals surface area contributed by atoms with Gasteiger partial charge in [-0.3, -0.25) is 4.98 Å². The van der Waals surface area contributed by atoms with Crippen molar-refractivity contribution in [2.45, 2.75) is 6.42 Å². The first kappa shape index (κ1) is 6.86. The van der Waals surface area contributed by atoms with Crippen molar-refractivity contribution in [3.8, 4) is 6.07 Å². The van der Waals surface area contributed by atoms with E-state index in [0.717, 1.165) is 11.1 Å². The van der Waals surface area contributed by atoms with Crippen LogP contribution in [0.15, 0.2) is 28.8 Å². The molecule has 0 fully saturated rings. The van der Waals surface area contributed by atoms with Gasteiger partial charge in [0.2, 0.25) is 0 Å². The SMILES string of the molecule is N#CCc1cc2ncccc2o1. The van der Waals surface area contributed by atoms with E-state index in [-0.39, 0.29) is 0 Å². The third-order valence-electron chi connectivity index (χ3n) is 1.59. The van der Waals surface area contributed by atoms with Crippen LogP contribution >= 0.6 is 0 Å². The molecule has 0 aliphatic rings. The van der Waals surface area contributed by atoms with Crippen molar-refractivity contribution in [2.75, 3.05) is 0 Å².